The molecule has 2 aromatic carbocycles. The number of hydrogen-bond donors (Lipinski definition) is 2. The quantitative estimate of drug-likeness (QED) is 0.478. The van der Waals surface area contributed by atoms with Crippen LogP contribution in [0.2, 0.25) is 15.1 Å². The zero-order valence-corrected chi connectivity index (χ0v) is 12.2. The first-order valence-corrected chi connectivity index (χ1v) is 6.48. The van der Waals surface area contributed by atoms with E-state index in [1.807, 2.05) is 0 Å². The predicted molar refractivity (Wildman–Crippen MR) is 79.0 cm³/mol. The van der Waals surface area contributed by atoms with Crippen LogP contribution in [0.3, 0.4) is 0 Å². The fraction of sp³-hybridized carbons (Fsp3) is 0. The van der Waals surface area contributed by atoms with E-state index in [2.05, 4.69) is 0 Å². The van der Waals surface area contributed by atoms with Crippen molar-refractivity contribution in [2.75, 3.05) is 0 Å². The Balaban J connectivity index is 2.45. The molecule has 2 aromatic rings. The molecule has 0 amide bonds. The number of halogens is 4. The van der Waals surface area contributed by atoms with Crippen LogP contribution in [-0.2, 0) is 0 Å². The zero-order valence-electron chi connectivity index (χ0n) is 9.88. The third-order valence-corrected chi connectivity index (χ3v) is 3.44. The molecule has 0 spiro atoms. The Morgan fingerprint density at radius 3 is 2.30 bits per heavy atom. The smallest absolute Gasteiger partial charge is 0.147 e. The summed E-state index contributed by atoms with van der Waals surface area (Å²) in [5.74, 6) is -0.423. The molecule has 0 aliphatic heterocycles. The first-order valence-electron chi connectivity index (χ1n) is 5.35. The van der Waals surface area contributed by atoms with Gasteiger partial charge in [0, 0.05) is 6.07 Å². The Morgan fingerprint density at radius 2 is 1.65 bits per heavy atom. The SMILES string of the molecule is N=C(N)c1cc(F)ccc1Oc1cc(Cl)c(Cl)cc1Cl. The summed E-state index contributed by atoms with van der Waals surface area (Å²) in [7, 11) is 0. The number of nitrogen functional groups attached to an aromatic ring is 1. The molecule has 0 aliphatic rings. The van der Waals surface area contributed by atoms with E-state index < -0.39 is 5.82 Å². The summed E-state index contributed by atoms with van der Waals surface area (Å²) in [4.78, 5) is 0. The van der Waals surface area contributed by atoms with E-state index in [1.165, 1.54) is 24.3 Å². The summed E-state index contributed by atoms with van der Waals surface area (Å²) >= 11 is 17.7. The molecule has 3 N–H and O–H groups in total. The standard InChI is InChI=1S/C13H8Cl3FN2O/c14-8-4-10(16)12(5-9(8)15)20-11-2-1-6(17)3-7(11)13(18)19/h1-5H,(H3,18,19). The maximum atomic E-state index is 13.2. The van der Waals surface area contributed by atoms with Gasteiger partial charge in [0.15, 0.2) is 0 Å². The van der Waals surface area contributed by atoms with E-state index in [0.29, 0.717) is 0 Å². The van der Waals surface area contributed by atoms with Crippen molar-refractivity contribution in [1.29, 1.82) is 5.41 Å². The summed E-state index contributed by atoms with van der Waals surface area (Å²) in [6, 6.07) is 6.50. The van der Waals surface area contributed by atoms with Crippen LogP contribution < -0.4 is 10.5 Å². The molecular formula is C13H8Cl3FN2O. The first kappa shape index (κ1) is 14.9. The normalized spacial score (nSPS) is 10.4. The molecule has 3 nitrogen and oxygen atoms in total. The fourth-order valence-corrected chi connectivity index (χ4v) is 2.08. The second-order valence-corrected chi connectivity index (χ2v) is 5.07. The average molecular weight is 334 g/mol. The van der Waals surface area contributed by atoms with Crippen molar-refractivity contribution in [1.82, 2.24) is 0 Å². The van der Waals surface area contributed by atoms with Gasteiger partial charge in [0.1, 0.15) is 23.2 Å². The van der Waals surface area contributed by atoms with E-state index in [4.69, 9.17) is 50.7 Å². The molecule has 0 heterocycles. The summed E-state index contributed by atoms with van der Waals surface area (Å²) in [6.07, 6.45) is 0. The van der Waals surface area contributed by atoms with Crippen molar-refractivity contribution >= 4 is 40.6 Å². The monoisotopic (exact) mass is 332 g/mol. The van der Waals surface area contributed by atoms with Gasteiger partial charge in [-0.2, -0.15) is 0 Å². The molecule has 2 rings (SSSR count). The highest BCUT2D eigenvalue weighted by molar-refractivity contribution is 6.43. The zero-order chi connectivity index (χ0) is 14.9. The summed E-state index contributed by atoms with van der Waals surface area (Å²) in [5, 5.41) is 8.20. The highest BCUT2D eigenvalue weighted by Gasteiger charge is 2.13. The molecule has 0 bridgehead atoms. The number of nitrogens with one attached hydrogen (secondary N) is 1. The number of benzene rings is 2. The molecule has 0 fully saturated rings. The molecular weight excluding hydrogens is 326 g/mol. The van der Waals surface area contributed by atoms with E-state index in [-0.39, 0.29) is 38.0 Å². The van der Waals surface area contributed by atoms with E-state index >= 15 is 0 Å². The van der Waals surface area contributed by atoms with Gasteiger partial charge in [-0.05, 0) is 24.3 Å². The van der Waals surface area contributed by atoms with Gasteiger partial charge in [0.05, 0.1) is 20.6 Å². The molecule has 7 heteroatoms. The third-order valence-electron chi connectivity index (χ3n) is 2.43. The van der Waals surface area contributed by atoms with Gasteiger partial charge in [0.25, 0.3) is 0 Å². The Labute approximate surface area is 129 Å². The molecule has 0 aromatic heterocycles. The largest absolute Gasteiger partial charge is 0.455 e. The number of rotatable bonds is 3. The van der Waals surface area contributed by atoms with Crippen molar-refractivity contribution in [3.8, 4) is 11.5 Å². The van der Waals surface area contributed by atoms with Gasteiger partial charge in [0.2, 0.25) is 0 Å². The lowest BCUT2D eigenvalue weighted by molar-refractivity contribution is 0.479. The second-order valence-electron chi connectivity index (χ2n) is 3.85. The van der Waals surface area contributed by atoms with Crippen LogP contribution in [0.5, 0.6) is 11.5 Å². The maximum absolute atomic E-state index is 13.2. The van der Waals surface area contributed by atoms with Gasteiger partial charge in [-0.1, -0.05) is 34.8 Å². The predicted octanol–water partition coefficient (Wildman–Crippen LogP) is 4.86. The number of hydrogen-bond acceptors (Lipinski definition) is 2. The minimum Gasteiger partial charge on any atom is -0.455 e. The van der Waals surface area contributed by atoms with Crippen LogP contribution in [0.25, 0.3) is 0 Å². The summed E-state index contributed by atoms with van der Waals surface area (Å²) in [6.45, 7) is 0. The summed E-state index contributed by atoms with van der Waals surface area (Å²) in [5.41, 5.74) is 5.50. The minimum atomic E-state index is -0.525. The molecule has 0 unspecified atom stereocenters. The van der Waals surface area contributed by atoms with Crippen molar-refractivity contribution < 1.29 is 9.13 Å². The molecule has 20 heavy (non-hydrogen) atoms. The van der Waals surface area contributed by atoms with Crippen LogP contribution >= 0.6 is 34.8 Å². The molecule has 0 radical (unpaired) electrons. The van der Waals surface area contributed by atoms with Crippen molar-refractivity contribution in [3.05, 3.63) is 56.8 Å². The lowest BCUT2D eigenvalue weighted by atomic mass is 10.2. The van der Waals surface area contributed by atoms with Gasteiger partial charge in [-0.25, -0.2) is 4.39 Å². The lowest BCUT2D eigenvalue weighted by Crippen LogP contribution is -2.12. The minimum absolute atomic E-state index is 0.118. The Morgan fingerprint density at radius 1 is 1.00 bits per heavy atom. The van der Waals surface area contributed by atoms with Crippen LogP contribution in [0.4, 0.5) is 4.39 Å². The molecule has 0 saturated carbocycles. The first-order chi connectivity index (χ1) is 9.38. The van der Waals surface area contributed by atoms with Gasteiger partial charge in [-0.15, -0.1) is 0 Å². The number of ether oxygens (including phenoxy) is 1. The van der Waals surface area contributed by atoms with E-state index in [9.17, 15) is 4.39 Å². The lowest BCUT2D eigenvalue weighted by Gasteiger charge is -2.12. The number of nitrogens with two attached hydrogens (primary N) is 1. The van der Waals surface area contributed by atoms with Crippen molar-refractivity contribution in [2.24, 2.45) is 5.73 Å². The summed E-state index contributed by atoms with van der Waals surface area (Å²) < 4.78 is 18.7. The van der Waals surface area contributed by atoms with E-state index in [1.54, 1.807) is 0 Å². The Kier molecular flexibility index (Phi) is 4.38. The van der Waals surface area contributed by atoms with Crippen LogP contribution in [-0.4, -0.2) is 5.84 Å². The third kappa shape index (κ3) is 3.15. The molecule has 0 saturated heterocycles. The highest BCUT2D eigenvalue weighted by Crippen LogP contribution is 2.37. The van der Waals surface area contributed by atoms with E-state index in [0.717, 1.165) is 6.07 Å². The topological polar surface area (TPSA) is 59.1 Å². The van der Waals surface area contributed by atoms with Crippen LogP contribution in [0.15, 0.2) is 30.3 Å². The Hall–Kier alpha value is -1.49. The molecule has 0 aliphatic carbocycles. The molecule has 0 atom stereocenters. The van der Waals surface area contributed by atoms with Gasteiger partial charge < -0.3 is 10.5 Å². The van der Waals surface area contributed by atoms with Crippen molar-refractivity contribution in [2.45, 2.75) is 0 Å². The number of amidine groups is 1. The van der Waals surface area contributed by atoms with Crippen molar-refractivity contribution in [3.63, 3.8) is 0 Å². The second kappa shape index (κ2) is 5.87. The highest BCUT2D eigenvalue weighted by atomic mass is 35.5. The van der Waals surface area contributed by atoms with Gasteiger partial charge >= 0.3 is 0 Å². The fourth-order valence-electron chi connectivity index (χ4n) is 1.50. The van der Waals surface area contributed by atoms with Crippen LogP contribution in [0.1, 0.15) is 5.56 Å². The Bertz CT molecular complexity index is 692. The van der Waals surface area contributed by atoms with Crippen LogP contribution in [0, 0.1) is 11.2 Å². The maximum Gasteiger partial charge on any atom is 0.147 e. The molecule has 104 valence electrons. The van der Waals surface area contributed by atoms with Gasteiger partial charge in [-0.3, -0.25) is 5.41 Å². The average Bonchev–Trinajstić information content (AvgIpc) is 2.37.